The number of benzene rings is 1. The number of β-lactam (4-membered cyclic amide) rings is 1. The van der Waals surface area contributed by atoms with Crippen molar-refractivity contribution in [2.45, 2.75) is 44.0 Å². The first-order valence-electron chi connectivity index (χ1n) is 13.1. The van der Waals surface area contributed by atoms with Gasteiger partial charge in [0.2, 0.25) is 0 Å². The molecule has 0 radical (unpaired) electrons. The number of amidine groups is 1. The van der Waals surface area contributed by atoms with Crippen molar-refractivity contribution in [2.24, 2.45) is 5.16 Å². The maximum atomic E-state index is 13.1. The number of carbonyl (C=O) groups excluding carboxylic acids is 2. The molecule has 2 fully saturated rings. The van der Waals surface area contributed by atoms with Gasteiger partial charge in [-0.1, -0.05) is 28.1 Å². The van der Waals surface area contributed by atoms with Crippen molar-refractivity contribution in [1.29, 1.82) is 5.41 Å². The Morgan fingerprint density at radius 1 is 1.30 bits per heavy atom. The van der Waals surface area contributed by atoms with Gasteiger partial charge in [0.1, 0.15) is 34.3 Å². The fourth-order valence-corrected chi connectivity index (χ4v) is 6.19. The molecule has 4 rings (SSSR count). The van der Waals surface area contributed by atoms with E-state index >= 15 is 0 Å². The molecule has 1 aromatic carbocycles. The van der Waals surface area contributed by atoms with E-state index in [2.05, 4.69) is 26.1 Å². The Hall–Kier alpha value is -4.04. The molecule has 0 aliphatic carbocycles. The average Bonchev–Trinajstić information content (AvgIpc) is 3.30. The number of carbonyl (C=O) groups is 3. The second-order valence-corrected chi connectivity index (χ2v) is 12.7. The van der Waals surface area contributed by atoms with Gasteiger partial charge in [-0.2, -0.15) is 8.42 Å². The van der Waals surface area contributed by atoms with E-state index in [0.717, 1.165) is 37.3 Å². The smallest absolute Gasteiger partial charge is 0.362 e. The highest BCUT2D eigenvalue weighted by Crippen LogP contribution is 2.28. The molecule has 238 valence electrons. The van der Waals surface area contributed by atoms with Gasteiger partial charge in [0.25, 0.3) is 17.9 Å². The van der Waals surface area contributed by atoms with Gasteiger partial charge in [-0.3, -0.25) is 19.6 Å². The van der Waals surface area contributed by atoms with E-state index in [1.807, 2.05) is 0 Å². The minimum Gasteiger partial charge on any atom is -0.489 e. The number of hydrogen-bond acceptors (Lipinski definition) is 13. The maximum absolute atomic E-state index is 13.1. The molecular weight excluding hydrogens is 644 g/mol. The molecular formula is C24H29ClN8O9S2. The van der Waals surface area contributed by atoms with Gasteiger partial charge in [-0.05, 0) is 57.1 Å². The topological polar surface area (TPSA) is 259 Å². The van der Waals surface area contributed by atoms with Crippen LogP contribution in [-0.4, -0.2) is 101 Å². The lowest BCUT2D eigenvalue weighted by molar-refractivity contribution is -0.152. The van der Waals surface area contributed by atoms with Crippen LogP contribution in [0.1, 0.15) is 31.0 Å². The van der Waals surface area contributed by atoms with Crippen molar-refractivity contribution < 1.29 is 42.0 Å². The van der Waals surface area contributed by atoms with Crippen LogP contribution in [0.4, 0.5) is 5.13 Å². The van der Waals surface area contributed by atoms with Gasteiger partial charge in [0.15, 0.2) is 10.8 Å². The number of thiazole rings is 1. The zero-order valence-corrected chi connectivity index (χ0v) is 25.4. The van der Waals surface area contributed by atoms with E-state index in [4.69, 9.17) is 32.3 Å². The van der Waals surface area contributed by atoms with Crippen molar-refractivity contribution in [2.75, 3.05) is 25.4 Å². The number of hydrogen-bond donors (Lipinski definition) is 7. The molecule has 3 atom stereocenters. The third-order valence-corrected chi connectivity index (χ3v) is 8.78. The van der Waals surface area contributed by atoms with Crippen LogP contribution in [0.15, 0.2) is 29.4 Å². The second kappa shape index (κ2) is 13.7. The van der Waals surface area contributed by atoms with Crippen LogP contribution >= 0.6 is 22.9 Å². The lowest BCUT2D eigenvalue weighted by atomic mass is 10.0. The summed E-state index contributed by atoms with van der Waals surface area (Å²) in [5.74, 6) is -3.19. The fourth-order valence-electron chi connectivity index (χ4n) is 4.38. The molecule has 2 saturated heterocycles. The number of oxime groups is 1. The number of amides is 2. The second-order valence-electron chi connectivity index (χ2n) is 9.73. The number of halogens is 1. The first-order chi connectivity index (χ1) is 20.8. The summed E-state index contributed by atoms with van der Waals surface area (Å²) in [4.78, 5) is 46.2. The number of nitrogens with zero attached hydrogens (tertiary/aromatic N) is 3. The number of anilines is 1. The van der Waals surface area contributed by atoms with E-state index in [1.54, 1.807) is 24.3 Å². The summed E-state index contributed by atoms with van der Waals surface area (Å²) >= 11 is 6.91. The largest absolute Gasteiger partial charge is 0.489 e. The molecule has 44 heavy (non-hydrogen) atoms. The maximum Gasteiger partial charge on any atom is 0.362 e. The van der Waals surface area contributed by atoms with Crippen molar-refractivity contribution in [3.8, 4) is 5.75 Å². The SMILES string of the molecule is C[C@H]1[C@H](NC(=O)/C(=N\O[C@@H](COc2ccc(C(=N)NC3CCNCC3)cc2)C(=O)O)c2nc(N)sc2Cl)C(=O)N1S(=O)(=O)O. The summed E-state index contributed by atoms with van der Waals surface area (Å²) in [6.45, 7) is 2.47. The van der Waals surface area contributed by atoms with Gasteiger partial charge < -0.3 is 36.4 Å². The minimum absolute atomic E-state index is 0.0586. The van der Waals surface area contributed by atoms with Crippen molar-refractivity contribution >= 4 is 67.7 Å². The normalized spacial score (nSPS) is 19.9. The summed E-state index contributed by atoms with van der Waals surface area (Å²) in [7, 11) is -4.85. The highest BCUT2D eigenvalue weighted by atomic mass is 35.5. The molecule has 2 amide bonds. The van der Waals surface area contributed by atoms with Crippen LogP contribution in [-0.2, 0) is 29.5 Å². The fraction of sp³-hybridized carbons (Fsp3) is 0.417. The Balaban J connectivity index is 1.43. The van der Waals surface area contributed by atoms with E-state index in [9.17, 15) is 32.5 Å². The van der Waals surface area contributed by atoms with E-state index in [0.29, 0.717) is 5.56 Å². The summed E-state index contributed by atoms with van der Waals surface area (Å²) in [5, 5.41) is 30.2. The number of carboxylic acid groups (broad SMARTS) is 1. The molecule has 20 heteroatoms. The van der Waals surface area contributed by atoms with Crippen LogP contribution in [0.3, 0.4) is 0 Å². The first kappa shape index (κ1) is 32.9. The van der Waals surface area contributed by atoms with Crippen LogP contribution in [0.25, 0.3) is 0 Å². The zero-order valence-electron chi connectivity index (χ0n) is 23.0. The summed E-state index contributed by atoms with van der Waals surface area (Å²) < 4.78 is 37.6. The molecule has 17 nitrogen and oxygen atoms in total. The van der Waals surface area contributed by atoms with Crippen LogP contribution in [0.5, 0.6) is 5.75 Å². The molecule has 2 aliphatic rings. The molecule has 2 aliphatic heterocycles. The van der Waals surface area contributed by atoms with Gasteiger partial charge >= 0.3 is 16.3 Å². The molecule has 0 unspecified atom stereocenters. The number of nitrogen functional groups attached to an aromatic ring is 1. The molecule has 0 bridgehead atoms. The Kier molecular flexibility index (Phi) is 10.3. The monoisotopic (exact) mass is 672 g/mol. The minimum atomic E-state index is -4.85. The summed E-state index contributed by atoms with van der Waals surface area (Å²) in [6.07, 6.45) is 0.0725. The molecule has 2 aromatic rings. The lowest BCUT2D eigenvalue weighted by Gasteiger charge is -2.42. The summed E-state index contributed by atoms with van der Waals surface area (Å²) in [6, 6.07) is 4.07. The summed E-state index contributed by atoms with van der Waals surface area (Å²) in [5.41, 5.74) is 5.35. The number of aromatic nitrogens is 1. The standard InChI is InChI=1S/C24H29ClN8O9S2/c1-11-16(22(35)33(11)44(38,39)40)30-21(34)18(17-19(25)43-24(27)31-17)32-42-15(23(36)37)10-41-14-4-2-12(3-5-14)20(26)29-13-6-8-28-9-7-13/h2-5,11,13,15-16,28H,6-10H2,1H3,(H2,26,29)(H2,27,31)(H,30,34)(H,36,37)(H,38,39,40)/b32-18-/t11-,15-,16-/m0/s1. The predicted molar refractivity (Wildman–Crippen MR) is 158 cm³/mol. The van der Waals surface area contributed by atoms with Gasteiger partial charge in [0.05, 0.1) is 6.04 Å². The Morgan fingerprint density at radius 3 is 2.50 bits per heavy atom. The number of piperidine rings is 1. The highest BCUT2D eigenvalue weighted by molar-refractivity contribution is 7.84. The Labute approximate surface area is 260 Å². The predicted octanol–water partition coefficient (Wildman–Crippen LogP) is -0.183. The third kappa shape index (κ3) is 7.72. The van der Waals surface area contributed by atoms with Crippen LogP contribution in [0.2, 0.25) is 4.34 Å². The molecule has 0 spiro atoms. The van der Waals surface area contributed by atoms with Crippen molar-refractivity contribution in [3.05, 3.63) is 39.9 Å². The van der Waals surface area contributed by atoms with E-state index < -0.39 is 58.6 Å². The Morgan fingerprint density at radius 2 is 1.95 bits per heavy atom. The van der Waals surface area contributed by atoms with Crippen molar-refractivity contribution in [3.63, 3.8) is 0 Å². The number of carboxylic acids is 1. The van der Waals surface area contributed by atoms with Gasteiger partial charge in [0, 0.05) is 11.6 Å². The van der Waals surface area contributed by atoms with E-state index in [1.165, 1.54) is 6.92 Å². The molecule has 3 heterocycles. The zero-order chi connectivity index (χ0) is 32.2. The number of ether oxygens (including phenoxy) is 1. The highest BCUT2D eigenvalue weighted by Gasteiger charge is 2.51. The molecule has 1 aromatic heterocycles. The Bertz CT molecular complexity index is 1560. The van der Waals surface area contributed by atoms with Crippen LogP contribution in [0, 0.1) is 5.41 Å². The number of rotatable bonds is 12. The first-order valence-corrected chi connectivity index (χ1v) is 15.6. The van der Waals surface area contributed by atoms with E-state index in [-0.39, 0.29) is 37.1 Å². The third-order valence-electron chi connectivity index (χ3n) is 6.69. The number of nitrogens with one attached hydrogen (secondary N) is 4. The van der Waals surface area contributed by atoms with Crippen LogP contribution < -0.4 is 26.4 Å². The number of aliphatic carboxylic acids is 1. The van der Waals surface area contributed by atoms with Crippen molar-refractivity contribution in [1.82, 2.24) is 25.2 Å². The average molecular weight is 673 g/mol. The molecule has 0 saturated carbocycles. The molecule has 8 N–H and O–H groups in total. The van der Waals surface area contributed by atoms with Gasteiger partial charge in [-0.15, -0.1) is 0 Å². The number of nitrogens with two attached hydrogens (primary N) is 1. The lowest BCUT2D eigenvalue weighted by Crippen LogP contribution is -2.71. The quantitative estimate of drug-likeness (QED) is 0.0508. The van der Waals surface area contributed by atoms with Gasteiger partial charge in [-0.25, -0.2) is 14.1 Å².